The maximum atomic E-state index is 14.1. The molecule has 132 valence electrons. The number of nitrogens with one attached hydrogen (secondary N) is 1. The molecular formula is C17H23FN2O4. The van der Waals surface area contributed by atoms with Gasteiger partial charge in [0, 0.05) is 13.1 Å². The van der Waals surface area contributed by atoms with Crippen LogP contribution in [0.15, 0.2) is 18.2 Å². The van der Waals surface area contributed by atoms with Crippen molar-refractivity contribution in [3.05, 3.63) is 29.6 Å². The third-order valence-corrected chi connectivity index (χ3v) is 4.30. The second-order valence-corrected chi connectivity index (χ2v) is 6.31. The van der Waals surface area contributed by atoms with Gasteiger partial charge >= 0.3 is 12.0 Å². The largest absolute Gasteiger partial charge is 0.496 e. The molecule has 0 saturated carbocycles. The van der Waals surface area contributed by atoms with E-state index in [0.29, 0.717) is 18.7 Å². The minimum Gasteiger partial charge on any atom is -0.496 e. The van der Waals surface area contributed by atoms with E-state index in [2.05, 4.69) is 5.32 Å². The van der Waals surface area contributed by atoms with Gasteiger partial charge in [-0.15, -0.1) is 0 Å². The van der Waals surface area contributed by atoms with E-state index in [0.717, 1.165) is 0 Å². The van der Waals surface area contributed by atoms with Crippen LogP contribution in [0.25, 0.3) is 0 Å². The molecule has 1 saturated heterocycles. The highest BCUT2D eigenvalue weighted by atomic mass is 19.1. The Bertz CT molecular complexity index is 623. The van der Waals surface area contributed by atoms with E-state index in [4.69, 9.17) is 4.74 Å². The molecule has 0 bridgehead atoms. The SMILES string of the molecule is COc1cccc(F)c1C(C)NC(=O)N1CC(C)CC(C(=O)O)C1. The van der Waals surface area contributed by atoms with Crippen LogP contribution in [0, 0.1) is 17.7 Å². The Hall–Kier alpha value is -2.31. The van der Waals surface area contributed by atoms with Crippen LogP contribution in [0.4, 0.5) is 9.18 Å². The van der Waals surface area contributed by atoms with E-state index in [-0.39, 0.29) is 18.0 Å². The lowest BCUT2D eigenvalue weighted by Gasteiger charge is -2.35. The van der Waals surface area contributed by atoms with E-state index < -0.39 is 29.8 Å². The van der Waals surface area contributed by atoms with Gasteiger partial charge in [-0.3, -0.25) is 4.79 Å². The van der Waals surface area contributed by atoms with E-state index in [1.54, 1.807) is 13.0 Å². The number of carboxylic acids is 1. The first-order valence-corrected chi connectivity index (χ1v) is 7.94. The molecule has 24 heavy (non-hydrogen) atoms. The number of likely N-dealkylation sites (tertiary alicyclic amines) is 1. The lowest BCUT2D eigenvalue weighted by atomic mass is 9.91. The van der Waals surface area contributed by atoms with Crippen molar-refractivity contribution in [2.45, 2.75) is 26.3 Å². The van der Waals surface area contributed by atoms with Crippen LogP contribution in [-0.4, -0.2) is 42.2 Å². The summed E-state index contributed by atoms with van der Waals surface area (Å²) in [4.78, 5) is 25.2. The second-order valence-electron chi connectivity index (χ2n) is 6.31. The third-order valence-electron chi connectivity index (χ3n) is 4.30. The Morgan fingerprint density at radius 1 is 1.42 bits per heavy atom. The van der Waals surface area contributed by atoms with Gasteiger partial charge in [0.25, 0.3) is 0 Å². The van der Waals surface area contributed by atoms with Crippen LogP contribution in [0.2, 0.25) is 0 Å². The Morgan fingerprint density at radius 3 is 2.75 bits per heavy atom. The number of benzene rings is 1. The highest BCUT2D eigenvalue weighted by Crippen LogP contribution is 2.28. The molecule has 0 aliphatic carbocycles. The van der Waals surface area contributed by atoms with E-state index >= 15 is 0 Å². The number of hydrogen-bond donors (Lipinski definition) is 2. The van der Waals surface area contributed by atoms with E-state index in [1.807, 2.05) is 6.92 Å². The van der Waals surface area contributed by atoms with Crippen molar-refractivity contribution in [3.63, 3.8) is 0 Å². The van der Waals surface area contributed by atoms with Crippen molar-refractivity contribution in [1.82, 2.24) is 10.2 Å². The molecule has 1 aromatic rings. The number of urea groups is 1. The summed E-state index contributed by atoms with van der Waals surface area (Å²) in [7, 11) is 1.44. The maximum Gasteiger partial charge on any atom is 0.317 e. The van der Waals surface area contributed by atoms with Gasteiger partial charge in [-0.2, -0.15) is 0 Å². The van der Waals surface area contributed by atoms with E-state index in [9.17, 15) is 19.1 Å². The molecule has 6 nitrogen and oxygen atoms in total. The summed E-state index contributed by atoms with van der Waals surface area (Å²) >= 11 is 0. The molecule has 0 spiro atoms. The van der Waals surface area contributed by atoms with Crippen molar-refractivity contribution in [2.24, 2.45) is 11.8 Å². The van der Waals surface area contributed by atoms with Crippen LogP contribution in [0.3, 0.4) is 0 Å². The molecule has 1 aromatic carbocycles. The van der Waals surface area contributed by atoms with E-state index in [1.165, 1.54) is 24.1 Å². The quantitative estimate of drug-likeness (QED) is 0.885. The molecule has 3 unspecified atom stereocenters. The first-order valence-electron chi connectivity index (χ1n) is 7.94. The predicted octanol–water partition coefficient (Wildman–Crippen LogP) is 2.65. The number of hydrogen-bond acceptors (Lipinski definition) is 3. The molecule has 2 amide bonds. The third kappa shape index (κ3) is 3.96. The summed E-state index contributed by atoms with van der Waals surface area (Å²) in [6, 6.07) is 3.48. The zero-order valence-electron chi connectivity index (χ0n) is 14.1. The van der Waals surface area contributed by atoms with Gasteiger partial charge in [0.05, 0.1) is 24.6 Å². The fraction of sp³-hybridized carbons (Fsp3) is 0.529. The molecule has 3 atom stereocenters. The fourth-order valence-electron chi connectivity index (χ4n) is 3.16. The average Bonchev–Trinajstić information content (AvgIpc) is 2.53. The van der Waals surface area contributed by atoms with Gasteiger partial charge in [-0.1, -0.05) is 13.0 Å². The molecule has 1 aliphatic heterocycles. The van der Waals surface area contributed by atoms with Gasteiger partial charge in [0.15, 0.2) is 0 Å². The number of amides is 2. The maximum absolute atomic E-state index is 14.1. The van der Waals surface area contributed by atoms with Gasteiger partial charge in [0.1, 0.15) is 11.6 Å². The van der Waals surface area contributed by atoms with Crippen molar-refractivity contribution >= 4 is 12.0 Å². The highest BCUT2D eigenvalue weighted by Gasteiger charge is 2.32. The summed E-state index contributed by atoms with van der Waals surface area (Å²) in [5.74, 6) is -1.47. The summed E-state index contributed by atoms with van der Waals surface area (Å²) in [6.07, 6.45) is 0.551. The monoisotopic (exact) mass is 338 g/mol. The molecule has 1 aliphatic rings. The van der Waals surface area contributed by atoms with Gasteiger partial charge in [-0.25, -0.2) is 9.18 Å². The smallest absolute Gasteiger partial charge is 0.317 e. The molecular weight excluding hydrogens is 315 g/mol. The number of halogens is 1. The number of carboxylic acid groups (broad SMARTS) is 1. The number of ether oxygens (including phenoxy) is 1. The van der Waals surface area contributed by atoms with Crippen molar-refractivity contribution < 1.29 is 23.8 Å². The van der Waals surface area contributed by atoms with Gasteiger partial charge in [-0.05, 0) is 31.4 Å². The normalized spacial score (nSPS) is 21.9. The Morgan fingerprint density at radius 2 is 2.12 bits per heavy atom. The molecule has 0 aromatic heterocycles. The Kier molecular flexibility index (Phi) is 5.64. The molecule has 7 heteroatoms. The van der Waals surface area contributed by atoms with Crippen LogP contribution >= 0.6 is 0 Å². The first kappa shape index (κ1) is 18.0. The molecule has 2 rings (SSSR count). The van der Waals surface area contributed by atoms with Gasteiger partial charge in [0.2, 0.25) is 0 Å². The van der Waals surface area contributed by atoms with Crippen molar-refractivity contribution in [1.29, 1.82) is 0 Å². The number of piperidine rings is 1. The minimum absolute atomic E-state index is 0.101. The summed E-state index contributed by atoms with van der Waals surface area (Å²) < 4.78 is 19.2. The molecule has 1 fully saturated rings. The number of nitrogens with zero attached hydrogens (tertiary/aromatic N) is 1. The lowest BCUT2D eigenvalue weighted by Crippen LogP contribution is -2.50. The van der Waals surface area contributed by atoms with Crippen LogP contribution in [0.5, 0.6) is 5.75 Å². The number of carbonyl (C=O) groups excluding carboxylic acids is 1. The van der Waals surface area contributed by atoms with Crippen molar-refractivity contribution in [2.75, 3.05) is 20.2 Å². The second kappa shape index (κ2) is 7.51. The number of carbonyl (C=O) groups is 2. The molecule has 2 N–H and O–H groups in total. The standard InChI is InChI=1S/C17H23FN2O4/c1-10-7-12(16(21)22)9-20(8-10)17(23)19-11(2)15-13(18)5-4-6-14(15)24-3/h4-6,10-12H,7-9H2,1-3H3,(H,19,23)(H,21,22). The predicted molar refractivity (Wildman–Crippen MR) is 86.4 cm³/mol. The Balaban J connectivity index is 2.10. The highest BCUT2D eigenvalue weighted by molar-refractivity contribution is 5.77. The van der Waals surface area contributed by atoms with Crippen LogP contribution in [0.1, 0.15) is 31.9 Å². The first-order chi connectivity index (χ1) is 11.3. The average molecular weight is 338 g/mol. The fourth-order valence-corrected chi connectivity index (χ4v) is 3.16. The van der Waals surface area contributed by atoms with Crippen LogP contribution in [-0.2, 0) is 4.79 Å². The summed E-state index contributed by atoms with van der Waals surface area (Å²) in [6.45, 7) is 4.23. The Labute approximate surface area is 140 Å². The number of methoxy groups -OCH3 is 1. The number of aliphatic carboxylic acids is 1. The zero-order valence-corrected chi connectivity index (χ0v) is 14.1. The minimum atomic E-state index is -0.900. The summed E-state index contributed by atoms with van der Waals surface area (Å²) in [5.41, 5.74) is 0.271. The van der Waals surface area contributed by atoms with Crippen LogP contribution < -0.4 is 10.1 Å². The molecule has 0 radical (unpaired) electrons. The summed E-state index contributed by atoms with van der Waals surface area (Å²) in [5, 5.41) is 11.9. The number of rotatable bonds is 4. The molecule has 1 heterocycles. The lowest BCUT2D eigenvalue weighted by molar-refractivity contribution is -0.143. The topological polar surface area (TPSA) is 78.9 Å². The van der Waals surface area contributed by atoms with Gasteiger partial charge < -0.3 is 20.1 Å². The zero-order chi connectivity index (χ0) is 17.9. The van der Waals surface area contributed by atoms with Crippen molar-refractivity contribution in [3.8, 4) is 5.75 Å².